The summed E-state index contributed by atoms with van der Waals surface area (Å²) in [7, 11) is 0. The number of aliphatic carboxylic acids is 1. The van der Waals surface area contributed by atoms with Crippen LogP contribution < -0.4 is 11.1 Å². The van der Waals surface area contributed by atoms with Crippen LogP contribution in [0.2, 0.25) is 0 Å². The molecule has 0 radical (unpaired) electrons. The maximum Gasteiger partial charge on any atom is 0.326 e. The molecule has 1 amide bonds. The molecule has 0 aliphatic heterocycles. The van der Waals surface area contributed by atoms with Crippen molar-refractivity contribution in [3.05, 3.63) is 0 Å². The summed E-state index contributed by atoms with van der Waals surface area (Å²) in [6.45, 7) is 6.26. The van der Waals surface area contributed by atoms with Gasteiger partial charge in [0.1, 0.15) is 6.04 Å². The lowest BCUT2D eigenvalue weighted by Crippen LogP contribution is -2.44. The van der Waals surface area contributed by atoms with Crippen molar-refractivity contribution in [3.8, 4) is 0 Å². The maximum atomic E-state index is 11.7. The Bertz CT molecular complexity index is 267. The Balaban J connectivity index is 4.13. The minimum atomic E-state index is -0.979. The number of amides is 1. The van der Waals surface area contributed by atoms with Crippen LogP contribution in [0.25, 0.3) is 0 Å². The molecule has 18 heavy (non-hydrogen) atoms. The maximum absolute atomic E-state index is 11.7. The molecule has 5 heteroatoms. The standard InChI is InChI=1S/C13H26N2O3/c1-4-10(7-8-14)5-6-11(16)15-12(9(2)3)13(17)18/h9-10,12H,4-8,14H2,1-3H3,(H,15,16)(H,17,18)/t10?,12-/m0/s1. The van der Waals surface area contributed by atoms with Crippen LogP contribution in [0, 0.1) is 11.8 Å². The van der Waals surface area contributed by atoms with Gasteiger partial charge in [-0.1, -0.05) is 27.2 Å². The van der Waals surface area contributed by atoms with Crippen molar-refractivity contribution in [2.24, 2.45) is 17.6 Å². The summed E-state index contributed by atoms with van der Waals surface area (Å²) in [6.07, 6.45) is 3.05. The van der Waals surface area contributed by atoms with Crippen LogP contribution in [0.4, 0.5) is 0 Å². The Hall–Kier alpha value is -1.10. The molecular formula is C13H26N2O3. The highest BCUT2D eigenvalue weighted by Gasteiger charge is 2.23. The third-order valence-corrected chi connectivity index (χ3v) is 3.18. The summed E-state index contributed by atoms with van der Waals surface area (Å²) in [5.74, 6) is -0.834. The molecule has 0 bridgehead atoms. The molecule has 0 aromatic rings. The summed E-state index contributed by atoms with van der Waals surface area (Å²) in [4.78, 5) is 22.6. The first kappa shape index (κ1) is 16.9. The molecule has 0 spiro atoms. The van der Waals surface area contributed by atoms with Crippen molar-refractivity contribution in [1.29, 1.82) is 0 Å². The first-order valence-electron chi connectivity index (χ1n) is 6.64. The molecule has 0 aromatic heterocycles. The molecule has 5 nitrogen and oxygen atoms in total. The van der Waals surface area contributed by atoms with E-state index in [1.165, 1.54) is 0 Å². The second kappa shape index (κ2) is 8.91. The zero-order valence-corrected chi connectivity index (χ0v) is 11.6. The Morgan fingerprint density at radius 1 is 1.28 bits per heavy atom. The lowest BCUT2D eigenvalue weighted by atomic mass is 9.96. The highest BCUT2D eigenvalue weighted by molar-refractivity contribution is 5.83. The fourth-order valence-corrected chi connectivity index (χ4v) is 1.88. The number of rotatable bonds is 9. The Morgan fingerprint density at radius 3 is 2.28 bits per heavy atom. The predicted molar refractivity (Wildman–Crippen MR) is 71.1 cm³/mol. The van der Waals surface area contributed by atoms with Crippen molar-refractivity contribution in [2.75, 3.05) is 6.54 Å². The highest BCUT2D eigenvalue weighted by atomic mass is 16.4. The van der Waals surface area contributed by atoms with Crippen molar-refractivity contribution in [3.63, 3.8) is 0 Å². The van der Waals surface area contributed by atoms with E-state index in [-0.39, 0.29) is 11.8 Å². The molecular weight excluding hydrogens is 232 g/mol. The molecule has 0 heterocycles. The minimum absolute atomic E-state index is 0.113. The van der Waals surface area contributed by atoms with Crippen molar-refractivity contribution >= 4 is 11.9 Å². The van der Waals surface area contributed by atoms with Crippen LogP contribution >= 0.6 is 0 Å². The molecule has 2 atom stereocenters. The number of hydrogen-bond donors (Lipinski definition) is 3. The average molecular weight is 258 g/mol. The van der Waals surface area contributed by atoms with E-state index in [1.54, 1.807) is 13.8 Å². The number of carbonyl (C=O) groups excluding carboxylic acids is 1. The van der Waals surface area contributed by atoms with Gasteiger partial charge >= 0.3 is 5.97 Å². The molecule has 0 saturated carbocycles. The molecule has 1 unspecified atom stereocenters. The zero-order valence-electron chi connectivity index (χ0n) is 11.6. The van der Waals surface area contributed by atoms with E-state index in [0.29, 0.717) is 18.9 Å². The van der Waals surface area contributed by atoms with E-state index in [1.807, 2.05) is 0 Å². The first-order chi connectivity index (χ1) is 8.42. The summed E-state index contributed by atoms with van der Waals surface area (Å²) in [6, 6.07) is -0.799. The second-order valence-corrected chi connectivity index (χ2v) is 5.02. The number of carboxylic acids is 1. The molecule has 4 N–H and O–H groups in total. The Labute approximate surface area is 109 Å². The topological polar surface area (TPSA) is 92.4 Å². The van der Waals surface area contributed by atoms with Gasteiger partial charge in [0.2, 0.25) is 5.91 Å². The highest BCUT2D eigenvalue weighted by Crippen LogP contribution is 2.14. The SMILES string of the molecule is CCC(CCN)CCC(=O)N[C@H](C(=O)O)C(C)C. The lowest BCUT2D eigenvalue weighted by Gasteiger charge is -2.19. The first-order valence-corrected chi connectivity index (χ1v) is 6.64. The van der Waals surface area contributed by atoms with Crippen LogP contribution in [-0.2, 0) is 9.59 Å². The van der Waals surface area contributed by atoms with Crippen molar-refractivity contribution < 1.29 is 14.7 Å². The van der Waals surface area contributed by atoms with Crippen molar-refractivity contribution in [2.45, 2.75) is 52.5 Å². The second-order valence-electron chi connectivity index (χ2n) is 5.02. The third-order valence-electron chi connectivity index (χ3n) is 3.18. The number of nitrogens with two attached hydrogens (primary N) is 1. The van der Waals surface area contributed by atoms with E-state index >= 15 is 0 Å². The van der Waals surface area contributed by atoms with E-state index in [2.05, 4.69) is 12.2 Å². The lowest BCUT2D eigenvalue weighted by molar-refractivity contribution is -0.143. The van der Waals surface area contributed by atoms with Gasteiger partial charge in [0.05, 0.1) is 0 Å². The molecule has 0 aliphatic rings. The fraction of sp³-hybridized carbons (Fsp3) is 0.846. The van der Waals surface area contributed by atoms with Gasteiger partial charge in [0.15, 0.2) is 0 Å². The van der Waals surface area contributed by atoms with E-state index in [0.717, 1.165) is 19.3 Å². The Kier molecular flexibility index (Phi) is 8.37. The normalized spacial score (nSPS) is 14.3. The molecule has 0 rings (SSSR count). The monoisotopic (exact) mass is 258 g/mol. The smallest absolute Gasteiger partial charge is 0.326 e. The van der Waals surface area contributed by atoms with Crippen LogP contribution in [0.1, 0.15) is 46.5 Å². The molecule has 0 saturated heterocycles. The summed E-state index contributed by atoms with van der Waals surface area (Å²) >= 11 is 0. The van der Waals surface area contributed by atoms with Gasteiger partial charge in [0, 0.05) is 6.42 Å². The van der Waals surface area contributed by atoms with E-state index in [9.17, 15) is 9.59 Å². The fourth-order valence-electron chi connectivity index (χ4n) is 1.88. The largest absolute Gasteiger partial charge is 0.480 e. The van der Waals surface area contributed by atoms with Gasteiger partial charge in [-0.05, 0) is 31.2 Å². The predicted octanol–water partition coefficient (Wildman–Crippen LogP) is 1.37. The number of nitrogens with one attached hydrogen (secondary N) is 1. The van der Waals surface area contributed by atoms with Crippen molar-refractivity contribution in [1.82, 2.24) is 5.32 Å². The molecule has 0 aliphatic carbocycles. The quantitative estimate of drug-likeness (QED) is 0.582. The molecule has 0 aromatic carbocycles. The van der Waals surface area contributed by atoms with Crippen LogP contribution in [0.3, 0.4) is 0 Å². The summed E-state index contributed by atoms with van der Waals surface area (Å²) in [5.41, 5.74) is 5.49. The van der Waals surface area contributed by atoms with Crippen LogP contribution in [0.5, 0.6) is 0 Å². The number of carbonyl (C=O) groups is 2. The van der Waals surface area contributed by atoms with Gasteiger partial charge in [-0.2, -0.15) is 0 Å². The van der Waals surface area contributed by atoms with E-state index in [4.69, 9.17) is 10.8 Å². The summed E-state index contributed by atoms with van der Waals surface area (Å²) < 4.78 is 0. The number of hydrogen-bond acceptors (Lipinski definition) is 3. The van der Waals surface area contributed by atoms with Crippen LogP contribution in [-0.4, -0.2) is 29.6 Å². The minimum Gasteiger partial charge on any atom is -0.480 e. The average Bonchev–Trinajstić information content (AvgIpc) is 2.30. The zero-order chi connectivity index (χ0) is 14.1. The number of carboxylic acid groups (broad SMARTS) is 1. The Morgan fingerprint density at radius 2 is 1.89 bits per heavy atom. The van der Waals surface area contributed by atoms with E-state index < -0.39 is 12.0 Å². The van der Waals surface area contributed by atoms with Gasteiger partial charge in [-0.25, -0.2) is 4.79 Å². The van der Waals surface area contributed by atoms with Gasteiger partial charge in [-0.3, -0.25) is 4.79 Å². The molecule has 0 fully saturated rings. The molecule has 106 valence electrons. The summed E-state index contributed by atoms with van der Waals surface area (Å²) in [5, 5.41) is 11.5. The third kappa shape index (κ3) is 6.59. The van der Waals surface area contributed by atoms with Gasteiger partial charge in [-0.15, -0.1) is 0 Å². The van der Waals surface area contributed by atoms with Gasteiger partial charge < -0.3 is 16.2 Å². The van der Waals surface area contributed by atoms with Gasteiger partial charge in [0.25, 0.3) is 0 Å². The van der Waals surface area contributed by atoms with Crippen LogP contribution in [0.15, 0.2) is 0 Å².